The number of halogens is 2. The van der Waals surface area contributed by atoms with Crippen molar-refractivity contribution in [3.8, 4) is 0 Å². The summed E-state index contributed by atoms with van der Waals surface area (Å²) in [4.78, 5) is 2.33. The number of nitrogens with zero attached hydrogens (tertiary/aromatic N) is 4. The number of piperidine rings is 1. The van der Waals surface area contributed by atoms with Crippen LogP contribution in [0.4, 0.5) is 15.8 Å². The van der Waals surface area contributed by atoms with Crippen LogP contribution in [0.3, 0.4) is 0 Å². The number of hydrogen-bond acceptors (Lipinski definition) is 5. The van der Waals surface area contributed by atoms with Crippen LogP contribution < -0.4 is 10.4 Å². The predicted octanol–water partition coefficient (Wildman–Crippen LogP) is 3.22. The highest BCUT2D eigenvalue weighted by Crippen LogP contribution is 2.23. The summed E-state index contributed by atoms with van der Waals surface area (Å²) < 4.78 is 14.8. The van der Waals surface area contributed by atoms with Crippen molar-refractivity contribution in [2.45, 2.75) is 12.8 Å². The van der Waals surface area contributed by atoms with Gasteiger partial charge in [0.1, 0.15) is 5.82 Å². The molecular weight excluding hydrogens is 403 g/mol. The van der Waals surface area contributed by atoms with Gasteiger partial charge in [-0.1, -0.05) is 0 Å². The fourth-order valence-corrected chi connectivity index (χ4v) is 3.26. The molecule has 1 aromatic carbocycles. The van der Waals surface area contributed by atoms with Crippen LogP contribution in [0.1, 0.15) is 12.8 Å². The van der Waals surface area contributed by atoms with E-state index in [4.69, 9.17) is 5.41 Å². The number of nitrogens with one attached hydrogen (secondary N) is 2. The molecule has 0 unspecified atom stereocenters. The Morgan fingerprint density at radius 3 is 2.88 bits per heavy atom. The van der Waals surface area contributed by atoms with E-state index in [1.165, 1.54) is 22.9 Å². The average Bonchev–Trinajstić information content (AvgIpc) is 3.11. The molecule has 9 heteroatoms. The largest absolute Gasteiger partial charge is 0.382 e. The molecule has 0 aliphatic carbocycles. The number of benzene rings is 1. The van der Waals surface area contributed by atoms with Crippen molar-refractivity contribution in [1.82, 2.24) is 14.7 Å². The van der Waals surface area contributed by atoms with Crippen LogP contribution in [0.5, 0.6) is 0 Å². The lowest BCUT2D eigenvalue weighted by atomic mass is 9.97. The number of rotatable bonds is 4. The Kier molecular flexibility index (Phi) is 5.90. The van der Waals surface area contributed by atoms with E-state index < -0.39 is 5.82 Å². The minimum atomic E-state index is -0.437. The zero-order valence-corrected chi connectivity index (χ0v) is 16.1. The molecule has 1 saturated heterocycles. The summed E-state index contributed by atoms with van der Waals surface area (Å²) in [7, 11) is 2.14. The molecule has 0 spiro atoms. The van der Waals surface area contributed by atoms with Crippen LogP contribution in [-0.2, 0) is 0 Å². The molecule has 2 heterocycles. The Bertz CT molecular complexity index is 774. The fourth-order valence-electron chi connectivity index (χ4n) is 2.89. The first kappa shape index (κ1) is 18.8. The van der Waals surface area contributed by atoms with Gasteiger partial charge < -0.3 is 10.2 Å². The molecule has 0 atom stereocenters. The van der Waals surface area contributed by atoms with Crippen molar-refractivity contribution in [3.05, 3.63) is 40.9 Å². The van der Waals surface area contributed by atoms with Crippen molar-refractivity contribution in [1.29, 1.82) is 5.41 Å². The minimum absolute atomic E-state index is 0.211. The molecule has 0 radical (unpaired) electrons. The molecule has 140 valence electrons. The van der Waals surface area contributed by atoms with Crippen LogP contribution in [0.15, 0.2) is 35.1 Å². The molecule has 26 heavy (non-hydrogen) atoms. The second-order valence-electron chi connectivity index (χ2n) is 6.53. The van der Waals surface area contributed by atoms with Crippen molar-refractivity contribution in [2.24, 2.45) is 5.92 Å². The number of hydroxylamine groups is 1. The van der Waals surface area contributed by atoms with E-state index in [9.17, 15) is 9.60 Å². The third-order valence-corrected chi connectivity index (χ3v) is 5.19. The number of aromatic nitrogens is 2. The van der Waals surface area contributed by atoms with Crippen molar-refractivity contribution < 1.29 is 9.60 Å². The summed E-state index contributed by atoms with van der Waals surface area (Å²) in [5.41, 5.74) is 1.06. The monoisotopic (exact) mass is 424 g/mol. The van der Waals surface area contributed by atoms with E-state index in [0.29, 0.717) is 11.0 Å². The standard InChI is InChI=1S/C17H22BrFN6O/c1-23-6-4-12(5-7-23)9-21-13-10-22-24(11-13)17(20)25(26)14-2-3-16(19)15(18)8-14/h2-3,8,10-12,20-21,26H,4-7,9H2,1H3. The smallest absolute Gasteiger partial charge is 0.248 e. The summed E-state index contributed by atoms with van der Waals surface area (Å²) in [6, 6.07) is 4.00. The van der Waals surface area contributed by atoms with E-state index in [1.54, 1.807) is 12.4 Å². The Morgan fingerprint density at radius 1 is 1.46 bits per heavy atom. The Balaban J connectivity index is 1.59. The van der Waals surface area contributed by atoms with Gasteiger partial charge in [0, 0.05) is 6.54 Å². The summed E-state index contributed by atoms with van der Waals surface area (Å²) in [5, 5.41) is 26.4. The lowest BCUT2D eigenvalue weighted by Gasteiger charge is -2.29. The van der Waals surface area contributed by atoms with E-state index >= 15 is 0 Å². The van der Waals surface area contributed by atoms with Crippen molar-refractivity contribution in [3.63, 3.8) is 0 Å². The maximum Gasteiger partial charge on any atom is 0.248 e. The van der Waals surface area contributed by atoms with E-state index in [2.05, 4.69) is 38.3 Å². The normalized spacial score (nSPS) is 15.8. The zero-order chi connectivity index (χ0) is 18.7. The highest BCUT2D eigenvalue weighted by molar-refractivity contribution is 9.10. The van der Waals surface area contributed by atoms with Gasteiger partial charge in [0.25, 0.3) is 0 Å². The quantitative estimate of drug-likeness (QED) is 0.398. The highest BCUT2D eigenvalue weighted by atomic mass is 79.9. The maximum absolute atomic E-state index is 13.3. The first-order chi connectivity index (χ1) is 12.4. The molecule has 1 aliphatic heterocycles. The molecule has 7 nitrogen and oxygen atoms in total. The summed E-state index contributed by atoms with van der Waals surface area (Å²) in [6.45, 7) is 3.09. The highest BCUT2D eigenvalue weighted by Gasteiger charge is 2.17. The van der Waals surface area contributed by atoms with Gasteiger partial charge in [-0.05, 0) is 73.0 Å². The number of hydrogen-bond donors (Lipinski definition) is 3. The van der Waals surface area contributed by atoms with E-state index in [-0.39, 0.29) is 16.1 Å². The molecule has 3 N–H and O–H groups in total. The second kappa shape index (κ2) is 8.15. The molecule has 1 fully saturated rings. The van der Waals surface area contributed by atoms with E-state index in [1.807, 2.05) is 0 Å². The molecule has 1 aliphatic rings. The van der Waals surface area contributed by atoms with Crippen molar-refractivity contribution in [2.75, 3.05) is 37.1 Å². The van der Waals surface area contributed by atoms with Gasteiger partial charge >= 0.3 is 0 Å². The first-order valence-electron chi connectivity index (χ1n) is 8.44. The minimum Gasteiger partial charge on any atom is -0.382 e. The number of likely N-dealkylation sites (tertiary alicyclic amines) is 1. The van der Waals surface area contributed by atoms with Gasteiger partial charge in [0.2, 0.25) is 5.96 Å². The first-order valence-corrected chi connectivity index (χ1v) is 9.23. The molecule has 0 amide bonds. The summed E-state index contributed by atoms with van der Waals surface area (Å²) in [5.74, 6) is -0.0658. The van der Waals surface area contributed by atoms with Crippen LogP contribution in [0, 0.1) is 17.1 Å². The molecule has 2 aromatic rings. The maximum atomic E-state index is 13.3. The molecule has 0 saturated carbocycles. The fraction of sp³-hybridized carbons (Fsp3) is 0.412. The molecular formula is C17H22BrFN6O. The van der Waals surface area contributed by atoms with Gasteiger partial charge in [-0.3, -0.25) is 10.6 Å². The van der Waals surface area contributed by atoms with Gasteiger partial charge in [-0.25, -0.2) is 9.07 Å². The molecule has 1 aromatic heterocycles. The Morgan fingerprint density at radius 2 is 2.19 bits per heavy atom. The lowest BCUT2D eigenvalue weighted by molar-refractivity contribution is 0.226. The Labute approximate surface area is 160 Å². The van der Waals surface area contributed by atoms with Gasteiger partial charge in [0.15, 0.2) is 0 Å². The summed E-state index contributed by atoms with van der Waals surface area (Å²) in [6.07, 6.45) is 5.60. The lowest BCUT2D eigenvalue weighted by Crippen LogP contribution is -2.33. The average molecular weight is 425 g/mol. The molecule has 3 rings (SSSR count). The van der Waals surface area contributed by atoms with Crippen molar-refractivity contribution >= 4 is 33.3 Å². The topological polar surface area (TPSA) is 80.4 Å². The molecule has 0 bridgehead atoms. The zero-order valence-electron chi connectivity index (χ0n) is 14.5. The van der Waals surface area contributed by atoms with Crippen LogP contribution in [0.25, 0.3) is 0 Å². The third kappa shape index (κ3) is 4.40. The van der Waals surface area contributed by atoms with Gasteiger partial charge in [0.05, 0.1) is 28.2 Å². The van der Waals surface area contributed by atoms with Crippen LogP contribution >= 0.6 is 15.9 Å². The van der Waals surface area contributed by atoms with Crippen LogP contribution in [0.2, 0.25) is 0 Å². The summed E-state index contributed by atoms with van der Waals surface area (Å²) >= 11 is 3.07. The predicted molar refractivity (Wildman–Crippen MR) is 102 cm³/mol. The Hall–Kier alpha value is -1.97. The SMILES string of the molecule is CN1CCC(CNc2cnn(C(=N)N(O)c3ccc(F)c(Br)c3)c2)CC1. The second-order valence-corrected chi connectivity index (χ2v) is 7.39. The van der Waals surface area contributed by atoms with Gasteiger partial charge in [-0.2, -0.15) is 10.2 Å². The van der Waals surface area contributed by atoms with Crippen LogP contribution in [-0.4, -0.2) is 52.5 Å². The third-order valence-electron chi connectivity index (χ3n) is 4.58. The van der Waals surface area contributed by atoms with E-state index in [0.717, 1.165) is 38.2 Å². The van der Waals surface area contributed by atoms with Gasteiger partial charge in [-0.15, -0.1) is 0 Å². The number of anilines is 2.